The van der Waals surface area contributed by atoms with E-state index in [-0.39, 0.29) is 5.91 Å². The number of aryl methyl sites for hydroxylation is 3. The molecule has 2 aromatic heterocycles. The van der Waals surface area contributed by atoms with E-state index < -0.39 is 0 Å². The largest absolute Gasteiger partial charge is 0.334 e. The SMILES string of the molecule is Cc1ccc(C(=O)N2CCc3c(c(-c4nc(C5CC5)no4)nn3C)C2)c(C)c1. The monoisotopic (exact) mass is 377 g/mol. The molecule has 1 aromatic carbocycles. The van der Waals surface area contributed by atoms with E-state index >= 15 is 0 Å². The van der Waals surface area contributed by atoms with Gasteiger partial charge in [0.15, 0.2) is 11.5 Å². The predicted octanol–water partition coefficient (Wildman–Crippen LogP) is 3.16. The number of rotatable bonds is 3. The van der Waals surface area contributed by atoms with Crippen molar-refractivity contribution in [2.24, 2.45) is 7.05 Å². The quantitative estimate of drug-likeness (QED) is 0.701. The maximum absolute atomic E-state index is 13.1. The summed E-state index contributed by atoms with van der Waals surface area (Å²) in [6.45, 7) is 5.21. The highest BCUT2D eigenvalue weighted by Crippen LogP contribution is 2.39. The minimum Gasteiger partial charge on any atom is -0.334 e. The van der Waals surface area contributed by atoms with Crippen LogP contribution in [0.4, 0.5) is 0 Å². The van der Waals surface area contributed by atoms with Crippen LogP contribution >= 0.6 is 0 Å². The van der Waals surface area contributed by atoms with Gasteiger partial charge in [-0.1, -0.05) is 22.9 Å². The first-order chi connectivity index (χ1) is 13.5. The second-order valence-electron chi connectivity index (χ2n) is 7.92. The van der Waals surface area contributed by atoms with E-state index in [1.165, 1.54) is 0 Å². The summed E-state index contributed by atoms with van der Waals surface area (Å²) in [5.41, 5.74) is 5.77. The van der Waals surface area contributed by atoms with Crippen LogP contribution in [0.15, 0.2) is 22.7 Å². The summed E-state index contributed by atoms with van der Waals surface area (Å²) in [6, 6.07) is 5.96. The molecule has 7 heteroatoms. The Labute approximate surface area is 163 Å². The molecular weight excluding hydrogens is 354 g/mol. The maximum Gasteiger partial charge on any atom is 0.278 e. The van der Waals surface area contributed by atoms with Crippen molar-refractivity contribution in [1.29, 1.82) is 0 Å². The van der Waals surface area contributed by atoms with E-state index in [9.17, 15) is 4.79 Å². The average molecular weight is 377 g/mol. The fourth-order valence-electron chi connectivity index (χ4n) is 4.00. The number of carbonyl (C=O) groups is 1. The van der Waals surface area contributed by atoms with Crippen LogP contribution in [0.2, 0.25) is 0 Å². The molecule has 0 bridgehead atoms. The summed E-state index contributed by atoms with van der Waals surface area (Å²) in [4.78, 5) is 19.6. The van der Waals surface area contributed by atoms with Crippen molar-refractivity contribution < 1.29 is 9.32 Å². The summed E-state index contributed by atoms with van der Waals surface area (Å²) in [7, 11) is 1.93. The molecule has 1 fully saturated rings. The Bertz CT molecular complexity index is 1080. The van der Waals surface area contributed by atoms with Gasteiger partial charge < -0.3 is 9.42 Å². The van der Waals surface area contributed by atoms with Gasteiger partial charge in [0.25, 0.3) is 11.8 Å². The number of carbonyl (C=O) groups excluding carboxylic acids is 1. The molecule has 3 aromatic rings. The minimum atomic E-state index is 0.0575. The maximum atomic E-state index is 13.1. The first kappa shape index (κ1) is 17.2. The van der Waals surface area contributed by atoms with E-state index in [0.29, 0.717) is 30.6 Å². The number of hydrogen-bond donors (Lipinski definition) is 0. The van der Waals surface area contributed by atoms with E-state index in [2.05, 4.69) is 21.3 Å². The highest BCUT2D eigenvalue weighted by molar-refractivity contribution is 5.96. The number of aromatic nitrogens is 4. The molecule has 1 aliphatic heterocycles. The lowest BCUT2D eigenvalue weighted by Gasteiger charge is -2.28. The lowest BCUT2D eigenvalue weighted by molar-refractivity contribution is 0.0733. The molecule has 0 N–H and O–H groups in total. The van der Waals surface area contributed by atoms with Crippen LogP contribution in [-0.4, -0.2) is 37.3 Å². The molecule has 0 atom stereocenters. The smallest absolute Gasteiger partial charge is 0.278 e. The third-order valence-electron chi connectivity index (χ3n) is 5.73. The zero-order valence-corrected chi connectivity index (χ0v) is 16.4. The molecule has 0 unspecified atom stereocenters. The number of hydrogen-bond acceptors (Lipinski definition) is 5. The molecule has 28 heavy (non-hydrogen) atoms. The van der Waals surface area contributed by atoms with Crippen LogP contribution in [0.5, 0.6) is 0 Å². The molecule has 3 heterocycles. The van der Waals surface area contributed by atoms with Crippen molar-refractivity contribution >= 4 is 5.91 Å². The third-order valence-corrected chi connectivity index (χ3v) is 5.73. The first-order valence-corrected chi connectivity index (χ1v) is 9.76. The summed E-state index contributed by atoms with van der Waals surface area (Å²) in [5, 5.41) is 8.75. The van der Waals surface area contributed by atoms with Crippen molar-refractivity contribution in [2.45, 2.75) is 45.6 Å². The molecule has 7 nitrogen and oxygen atoms in total. The highest BCUT2D eigenvalue weighted by atomic mass is 16.5. The van der Waals surface area contributed by atoms with Gasteiger partial charge in [-0.25, -0.2) is 0 Å². The third kappa shape index (κ3) is 2.82. The fourth-order valence-corrected chi connectivity index (χ4v) is 4.00. The summed E-state index contributed by atoms with van der Waals surface area (Å²) >= 11 is 0. The second-order valence-corrected chi connectivity index (χ2v) is 7.92. The van der Waals surface area contributed by atoms with Gasteiger partial charge in [0.2, 0.25) is 0 Å². The second kappa shape index (κ2) is 6.29. The Morgan fingerprint density at radius 3 is 2.82 bits per heavy atom. The van der Waals surface area contributed by atoms with Gasteiger partial charge in [-0.05, 0) is 38.3 Å². The van der Waals surface area contributed by atoms with Crippen molar-refractivity contribution in [3.05, 3.63) is 52.0 Å². The van der Waals surface area contributed by atoms with E-state index in [0.717, 1.165) is 53.0 Å². The molecule has 1 saturated carbocycles. The van der Waals surface area contributed by atoms with Gasteiger partial charge in [0.1, 0.15) is 0 Å². The lowest BCUT2D eigenvalue weighted by atomic mass is 10.0. The van der Waals surface area contributed by atoms with Crippen molar-refractivity contribution in [1.82, 2.24) is 24.8 Å². The molecule has 1 amide bonds. The zero-order chi connectivity index (χ0) is 19.4. The molecule has 2 aliphatic rings. The average Bonchev–Trinajstić information content (AvgIpc) is 3.32. The van der Waals surface area contributed by atoms with E-state index in [1.54, 1.807) is 0 Å². The standard InChI is InChI=1S/C21H23N5O2/c1-12-4-7-15(13(2)10-12)21(27)26-9-8-17-16(11-26)18(23-25(17)3)20-22-19(24-28-20)14-5-6-14/h4,7,10,14H,5-6,8-9,11H2,1-3H3. The Balaban J connectivity index is 1.46. The normalized spacial score (nSPS) is 16.3. The first-order valence-electron chi connectivity index (χ1n) is 9.76. The zero-order valence-electron chi connectivity index (χ0n) is 16.4. The molecule has 0 saturated heterocycles. The molecule has 0 spiro atoms. The van der Waals surface area contributed by atoms with Gasteiger partial charge >= 0.3 is 0 Å². The van der Waals surface area contributed by atoms with E-state index in [1.807, 2.05) is 42.6 Å². The Morgan fingerprint density at radius 2 is 2.07 bits per heavy atom. The van der Waals surface area contributed by atoms with Gasteiger partial charge in [-0.15, -0.1) is 0 Å². The van der Waals surface area contributed by atoms with Gasteiger partial charge in [-0.3, -0.25) is 9.48 Å². The van der Waals surface area contributed by atoms with Crippen LogP contribution in [0.1, 0.15) is 57.3 Å². The summed E-state index contributed by atoms with van der Waals surface area (Å²) < 4.78 is 7.38. The Morgan fingerprint density at radius 1 is 1.25 bits per heavy atom. The Hall–Kier alpha value is -2.96. The van der Waals surface area contributed by atoms with Crippen molar-refractivity contribution in [3.8, 4) is 11.6 Å². The topological polar surface area (TPSA) is 77.1 Å². The van der Waals surface area contributed by atoms with Gasteiger partial charge in [0.05, 0.1) is 6.54 Å². The number of nitrogens with zero attached hydrogens (tertiary/aromatic N) is 5. The number of fused-ring (bicyclic) bond motifs is 1. The van der Waals surface area contributed by atoms with Crippen LogP contribution in [0.25, 0.3) is 11.6 Å². The molecule has 144 valence electrons. The summed E-state index contributed by atoms with van der Waals surface area (Å²) in [6.07, 6.45) is 3.01. The summed E-state index contributed by atoms with van der Waals surface area (Å²) in [5.74, 6) is 1.72. The minimum absolute atomic E-state index is 0.0575. The molecule has 1 aliphatic carbocycles. The van der Waals surface area contributed by atoms with Crippen molar-refractivity contribution in [2.75, 3.05) is 6.54 Å². The lowest BCUT2D eigenvalue weighted by Crippen LogP contribution is -2.36. The van der Waals surface area contributed by atoms with Crippen LogP contribution in [-0.2, 0) is 20.0 Å². The predicted molar refractivity (Wildman–Crippen MR) is 103 cm³/mol. The molecule has 0 radical (unpaired) electrons. The fraction of sp³-hybridized carbons (Fsp3) is 0.429. The molecule has 5 rings (SSSR count). The van der Waals surface area contributed by atoms with Gasteiger partial charge in [-0.2, -0.15) is 10.1 Å². The van der Waals surface area contributed by atoms with Gasteiger partial charge in [0, 0.05) is 42.8 Å². The Kier molecular flexibility index (Phi) is 3.86. The van der Waals surface area contributed by atoms with Crippen LogP contribution in [0, 0.1) is 13.8 Å². The number of amides is 1. The van der Waals surface area contributed by atoms with Crippen LogP contribution < -0.4 is 0 Å². The van der Waals surface area contributed by atoms with Crippen molar-refractivity contribution in [3.63, 3.8) is 0 Å². The highest BCUT2D eigenvalue weighted by Gasteiger charge is 2.33. The van der Waals surface area contributed by atoms with Crippen LogP contribution in [0.3, 0.4) is 0 Å². The number of benzene rings is 1. The molecular formula is C21H23N5O2. The van der Waals surface area contributed by atoms with E-state index in [4.69, 9.17) is 4.52 Å².